The van der Waals surface area contributed by atoms with Gasteiger partial charge in [0.2, 0.25) is 0 Å². The summed E-state index contributed by atoms with van der Waals surface area (Å²) in [6.45, 7) is 1.54. The molecule has 1 aromatic heterocycles. The lowest BCUT2D eigenvalue weighted by atomic mass is 10.3. The minimum absolute atomic E-state index is 0.121. The highest BCUT2D eigenvalue weighted by Crippen LogP contribution is 2.13. The van der Waals surface area contributed by atoms with Crippen molar-refractivity contribution in [3.05, 3.63) is 54.4 Å². The van der Waals surface area contributed by atoms with Crippen LogP contribution in [0.25, 0.3) is 0 Å². The van der Waals surface area contributed by atoms with Crippen molar-refractivity contribution >= 4 is 11.6 Å². The predicted octanol–water partition coefficient (Wildman–Crippen LogP) is 1.98. The van der Waals surface area contributed by atoms with E-state index in [-0.39, 0.29) is 12.5 Å². The number of nitrogens with zero attached hydrogens (tertiary/aromatic N) is 1. The zero-order chi connectivity index (χ0) is 14.4. The van der Waals surface area contributed by atoms with E-state index in [1.165, 1.54) is 6.20 Å². The smallest absolute Gasteiger partial charge is 0.265 e. The number of aliphatic hydroxyl groups is 1. The Balaban J connectivity index is 1.93. The van der Waals surface area contributed by atoms with Gasteiger partial charge in [-0.1, -0.05) is 18.2 Å². The summed E-state index contributed by atoms with van der Waals surface area (Å²) in [5.74, 6) is 0.250. The van der Waals surface area contributed by atoms with E-state index in [0.29, 0.717) is 11.4 Å². The third-order valence-electron chi connectivity index (χ3n) is 2.68. The van der Waals surface area contributed by atoms with Crippen molar-refractivity contribution in [3.63, 3.8) is 0 Å². The van der Waals surface area contributed by atoms with Crippen LogP contribution in [0.2, 0.25) is 0 Å². The maximum atomic E-state index is 11.9. The van der Waals surface area contributed by atoms with Crippen molar-refractivity contribution in [2.24, 2.45) is 0 Å². The third-order valence-corrected chi connectivity index (χ3v) is 2.68. The van der Waals surface area contributed by atoms with E-state index >= 15 is 0 Å². The Morgan fingerprint density at radius 3 is 2.65 bits per heavy atom. The Morgan fingerprint density at radius 2 is 2.05 bits per heavy atom. The van der Waals surface area contributed by atoms with Crippen molar-refractivity contribution in [1.82, 2.24) is 4.98 Å². The minimum atomic E-state index is -0.642. The molecule has 2 rings (SSSR count). The highest BCUT2D eigenvalue weighted by molar-refractivity contribution is 5.94. The molecule has 1 unspecified atom stereocenters. The number of amides is 1. The fourth-order valence-electron chi connectivity index (χ4n) is 1.60. The van der Waals surface area contributed by atoms with Crippen molar-refractivity contribution in [2.75, 3.05) is 5.32 Å². The lowest BCUT2D eigenvalue weighted by molar-refractivity contribution is -0.122. The van der Waals surface area contributed by atoms with Gasteiger partial charge in [-0.2, -0.15) is 0 Å². The summed E-state index contributed by atoms with van der Waals surface area (Å²) in [7, 11) is 0. The molecule has 0 aliphatic heterocycles. The summed E-state index contributed by atoms with van der Waals surface area (Å²) in [6.07, 6.45) is 0.842. The summed E-state index contributed by atoms with van der Waals surface area (Å²) < 4.78 is 5.49. The van der Waals surface area contributed by atoms with Crippen molar-refractivity contribution < 1.29 is 14.6 Å². The summed E-state index contributed by atoms with van der Waals surface area (Å²) in [5, 5.41) is 11.7. The second-order valence-corrected chi connectivity index (χ2v) is 4.26. The van der Waals surface area contributed by atoms with E-state index in [2.05, 4.69) is 10.3 Å². The molecule has 0 bridgehead atoms. The predicted molar refractivity (Wildman–Crippen MR) is 75.3 cm³/mol. The molecule has 0 spiro atoms. The number of aliphatic hydroxyl groups excluding tert-OH is 1. The molecule has 0 saturated carbocycles. The number of pyridine rings is 1. The standard InChI is InChI=1S/C15H16N2O3/c1-11(15(19)17-12-5-3-2-4-6-12)20-14-8-7-13(10-18)16-9-14/h2-9,11,18H,10H2,1H3,(H,17,19). The molecule has 2 aromatic rings. The van der Waals surface area contributed by atoms with Gasteiger partial charge in [0.1, 0.15) is 5.75 Å². The lowest BCUT2D eigenvalue weighted by Crippen LogP contribution is -2.30. The maximum absolute atomic E-state index is 11.9. The van der Waals surface area contributed by atoms with Gasteiger partial charge in [0.15, 0.2) is 6.10 Å². The zero-order valence-electron chi connectivity index (χ0n) is 11.1. The van der Waals surface area contributed by atoms with E-state index in [1.807, 2.05) is 30.3 Å². The Hall–Kier alpha value is -2.40. The number of carbonyl (C=O) groups is 1. The van der Waals surface area contributed by atoms with Gasteiger partial charge in [-0.25, -0.2) is 0 Å². The number of hydrogen-bond acceptors (Lipinski definition) is 4. The molecule has 0 aliphatic carbocycles. The number of nitrogens with one attached hydrogen (secondary N) is 1. The van der Waals surface area contributed by atoms with Gasteiger partial charge in [0.25, 0.3) is 5.91 Å². The van der Waals surface area contributed by atoms with Crippen LogP contribution in [-0.2, 0) is 11.4 Å². The topological polar surface area (TPSA) is 71.5 Å². The molecule has 0 fully saturated rings. The highest BCUT2D eigenvalue weighted by Gasteiger charge is 2.14. The number of hydrogen-bond donors (Lipinski definition) is 2. The lowest BCUT2D eigenvalue weighted by Gasteiger charge is -2.14. The largest absolute Gasteiger partial charge is 0.479 e. The van der Waals surface area contributed by atoms with E-state index in [0.717, 1.165) is 5.69 Å². The number of rotatable bonds is 5. The van der Waals surface area contributed by atoms with E-state index in [9.17, 15) is 4.79 Å². The Bertz CT molecular complexity index is 555. The average molecular weight is 272 g/mol. The maximum Gasteiger partial charge on any atom is 0.265 e. The fourth-order valence-corrected chi connectivity index (χ4v) is 1.60. The number of carbonyl (C=O) groups excluding carboxylic acids is 1. The highest BCUT2D eigenvalue weighted by atomic mass is 16.5. The van der Waals surface area contributed by atoms with Crippen LogP contribution in [0.1, 0.15) is 12.6 Å². The average Bonchev–Trinajstić information content (AvgIpc) is 2.49. The van der Waals surface area contributed by atoms with E-state index in [4.69, 9.17) is 9.84 Å². The molecule has 1 heterocycles. The Labute approximate surface area is 117 Å². The molecular weight excluding hydrogens is 256 g/mol. The normalized spacial score (nSPS) is 11.7. The first-order chi connectivity index (χ1) is 9.69. The molecule has 0 aliphatic rings. The summed E-state index contributed by atoms with van der Waals surface area (Å²) >= 11 is 0. The molecule has 1 atom stereocenters. The molecule has 2 N–H and O–H groups in total. The zero-order valence-corrected chi connectivity index (χ0v) is 11.1. The van der Waals surface area contributed by atoms with Gasteiger partial charge in [-0.05, 0) is 31.2 Å². The van der Waals surface area contributed by atoms with E-state index in [1.54, 1.807) is 19.1 Å². The van der Waals surface area contributed by atoms with Crippen LogP contribution in [0.5, 0.6) is 5.75 Å². The monoisotopic (exact) mass is 272 g/mol. The van der Waals surface area contributed by atoms with Crippen LogP contribution in [0.4, 0.5) is 5.69 Å². The number of benzene rings is 1. The van der Waals surface area contributed by atoms with Gasteiger partial charge in [0.05, 0.1) is 18.5 Å². The second kappa shape index (κ2) is 6.68. The van der Waals surface area contributed by atoms with Gasteiger partial charge in [0, 0.05) is 5.69 Å². The molecule has 5 heteroatoms. The van der Waals surface area contributed by atoms with Crippen LogP contribution in [0.3, 0.4) is 0 Å². The molecule has 1 amide bonds. The molecular formula is C15H16N2O3. The number of ether oxygens (including phenoxy) is 1. The number of aromatic nitrogens is 1. The first-order valence-electron chi connectivity index (χ1n) is 6.27. The van der Waals surface area contributed by atoms with Crippen LogP contribution in [0.15, 0.2) is 48.7 Å². The van der Waals surface area contributed by atoms with Crippen LogP contribution < -0.4 is 10.1 Å². The SMILES string of the molecule is CC(Oc1ccc(CO)nc1)C(=O)Nc1ccccc1. The molecule has 0 radical (unpaired) electrons. The van der Waals surface area contributed by atoms with Crippen LogP contribution in [0, 0.1) is 0 Å². The summed E-state index contributed by atoms with van der Waals surface area (Å²) in [4.78, 5) is 15.9. The molecule has 20 heavy (non-hydrogen) atoms. The molecule has 0 saturated heterocycles. The Kier molecular flexibility index (Phi) is 4.68. The fraction of sp³-hybridized carbons (Fsp3) is 0.200. The quantitative estimate of drug-likeness (QED) is 0.873. The second-order valence-electron chi connectivity index (χ2n) is 4.26. The molecule has 1 aromatic carbocycles. The number of anilines is 1. The van der Waals surface area contributed by atoms with Gasteiger partial charge in [-0.3, -0.25) is 9.78 Å². The van der Waals surface area contributed by atoms with Crippen LogP contribution in [-0.4, -0.2) is 22.1 Å². The minimum Gasteiger partial charge on any atom is -0.479 e. The van der Waals surface area contributed by atoms with Gasteiger partial charge >= 0.3 is 0 Å². The number of para-hydroxylation sites is 1. The van der Waals surface area contributed by atoms with Gasteiger partial charge in [-0.15, -0.1) is 0 Å². The van der Waals surface area contributed by atoms with Crippen molar-refractivity contribution in [2.45, 2.75) is 19.6 Å². The van der Waals surface area contributed by atoms with E-state index < -0.39 is 6.10 Å². The van der Waals surface area contributed by atoms with Crippen LogP contribution >= 0.6 is 0 Å². The molecule has 104 valence electrons. The van der Waals surface area contributed by atoms with Gasteiger partial charge < -0.3 is 15.2 Å². The third kappa shape index (κ3) is 3.80. The molecule has 5 nitrogen and oxygen atoms in total. The van der Waals surface area contributed by atoms with Crippen molar-refractivity contribution in [3.8, 4) is 5.75 Å². The summed E-state index contributed by atoms with van der Waals surface area (Å²) in [5.41, 5.74) is 1.28. The van der Waals surface area contributed by atoms with Crippen molar-refractivity contribution in [1.29, 1.82) is 0 Å². The first-order valence-corrected chi connectivity index (χ1v) is 6.27. The first kappa shape index (κ1) is 14.0. The Morgan fingerprint density at radius 1 is 1.30 bits per heavy atom. The summed E-state index contributed by atoms with van der Waals surface area (Å²) in [6, 6.07) is 12.5.